The monoisotopic (exact) mass is 1880 g/mol. The van der Waals surface area contributed by atoms with Gasteiger partial charge in [-0.3, -0.25) is 0 Å². The first kappa shape index (κ1) is 106. The van der Waals surface area contributed by atoms with Crippen LogP contribution in [0.3, 0.4) is 0 Å². The maximum Gasteiger partial charge on any atom is 0.114 e. The van der Waals surface area contributed by atoms with Crippen LogP contribution in [0.15, 0.2) is 0 Å². The summed E-state index contributed by atoms with van der Waals surface area (Å²) in [5.41, 5.74) is -20.8. The zero-order valence-electron chi connectivity index (χ0n) is 45.3. The van der Waals surface area contributed by atoms with Gasteiger partial charge in [0.25, 0.3) is 0 Å². The molecule has 0 rings (SSSR count). The molecule has 52 heteroatoms. The van der Waals surface area contributed by atoms with E-state index in [1.807, 2.05) is 0 Å². The van der Waals surface area contributed by atoms with Crippen molar-refractivity contribution in [2.24, 2.45) is 0 Å². The Bertz CT molecular complexity index is 2120. The Morgan fingerprint density at radius 3 is 0.213 bits per heavy atom. The van der Waals surface area contributed by atoms with Crippen LogP contribution in [0, 0.1) is 0 Å². The molecule has 0 unspecified atom stereocenters. The van der Waals surface area contributed by atoms with E-state index in [1.54, 1.807) is 0 Å². The van der Waals surface area contributed by atoms with Crippen LogP contribution in [0.5, 0.6) is 0 Å². The number of aliphatic carboxylic acids is 21. The van der Waals surface area contributed by atoms with Crippen LogP contribution in [0.25, 0.3) is 0 Å². The van der Waals surface area contributed by atoms with Crippen molar-refractivity contribution in [1.82, 2.24) is 0 Å². The van der Waals surface area contributed by atoms with Crippen molar-refractivity contribution in [3.8, 4) is 0 Å². The van der Waals surface area contributed by atoms with E-state index in [1.165, 1.54) is 0 Å². The maximum absolute atomic E-state index is 10.1. The number of rotatable bonds is 35. The molecule has 7 N–H and O–H groups in total. The summed E-state index contributed by atoms with van der Waals surface area (Å²) >= 11 is 0. The molecule has 49 nitrogen and oxygen atoms in total. The Labute approximate surface area is 557 Å². The SMILES string of the molecule is O=C([O-])CC(O)(CC(=O)[O-])C(=O)[O-].O=C([O-])CC(O)(CC(=O)[O-])C(=O)[O-].O=C([O-])CC(O)(CC(=O)[O-])C(=O)[O-].O=C([O-])CC(O)(CC(=O)[O-])C(=O)[O-].O=C([O-])CC(O)(CC(=O)[O-])C(=O)[O-].O=C([O-])CC(O)(CC(=O)[O-])C(=O)[O-].O=C([O-])CC(O)(CC(=O)[O-])C(=O)[O-].[Re].[Re].[Re]. The van der Waals surface area contributed by atoms with Crippen LogP contribution < -0.4 is 107 Å². The summed E-state index contributed by atoms with van der Waals surface area (Å²) in [4.78, 5) is 210. The smallest absolute Gasteiger partial charge is 0.114 e. The van der Waals surface area contributed by atoms with Gasteiger partial charge in [-0.15, -0.1) is 0 Å². The minimum Gasteiger partial charge on any atom is -0.550 e. The van der Waals surface area contributed by atoms with Crippen LogP contribution in [-0.4, -0.2) is 200 Å². The molecule has 0 heterocycles. The van der Waals surface area contributed by atoms with E-state index in [4.69, 9.17) is 35.7 Å². The van der Waals surface area contributed by atoms with Crippen molar-refractivity contribution >= 4 is 125 Å². The molecular weight excluding hydrogens is 1850 g/mol. The van der Waals surface area contributed by atoms with E-state index in [-0.39, 0.29) is 61.3 Å². The van der Waals surface area contributed by atoms with Gasteiger partial charge >= 0.3 is 0 Å². The molecule has 94 heavy (non-hydrogen) atoms. The fraction of sp³-hybridized carbons (Fsp3) is 0.500. The van der Waals surface area contributed by atoms with Crippen molar-refractivity contribution in [1.29, 1.82) is 0 Å². The van der Waals surface area contributed by atoms with Crippen molar-refractivity contribution in [3.05, 3.63) is 0 Å². The van der Waals surface area contributed by atoms with Gasteiger partial charge in [0.1, 0.15) is 39.2 Å². The molecule has 0 saturated carbocycles. The summed E-state index contributed by atoms with van der Waals surface area (Å²) in [7, 11) is 0. The largest absolute Gasteiger partial charge is 0.550 e. The van der Waals surface area contributed by atoms with Crippen molar-refractivity contribution in [2.75, 3.05) is 0 Å². The molecule has 0 aliphatic rings. The molecule has 3 radical (unpaired) electrons. The first-order valence-electron chi connectivity index (χ1n) is 21.8. The average Bonchev–Trinajstić information content (AvgIpc) is 3.26. The third-order valence-electron chi connectivity index (χ3n) is 8.77. The van der Waals surface area contributed by atoms with Gasteiger partial charge in [0.05, 0.1) is 41.8 Å². The number of carbonyl (C=O) groups excluding carboxylic acids is 21. The van der Waals surface area contributed by atoms with Gasteiger partial charge in [-0.1, -0.05) is 0 Å². The Morgan fingerprint density at radius 2 is 0.191 bits per heavy atom. The Hall–Kier alpha value is -9.42. The molecule has 0 aliphatic heterocycles. The van der Waals surface area contributed by atoms with Crippen LogP contribution in [0.2, 0.25) is 0 Å². The maximum atomic E-state index is 10.1. The molecule has 0 aromatic rings. The molecule has 0 spiro atoms. The molecule has 539 valence electrons. The number of hydrogen-bond acceptors (Lipinski definition) is 49. The Morgan fingerprint density at radius 1 is 0.149 bits per heavy atom. The van der Waals surface area contributed by atoms with Crippen LogP contribution in [0.4, 0.5) is 0 Å². The minimum absolute atomic E-state index is 0. The van der Waals surface area contributed by atoms with E-state index in [0.717, 1.165) is 0 Å². The number of carbonyl (C=O) groups is 21. The van der Waals surface area contributed by atoms with Crippen molar-refractivity contribution < 1.29 is 305 Å². The zero-order chi connectivity index (χ0) is 74.5. The Kier molecular flexibility index (Phi) is 53.6. The Balaban J connectivity index is -0.000000109. The summed E-state index contributed by atoms with van der Waals surface area (Å²) in [6.45, 7) is 0. The standard InChI is InChI=1S/7C6H8O7.3Re/c7*7-3(8)1-6(13,5(11)12)2-4(9)10;;;/h7*13H,1-2H2,(H,7,8)(H,9,10)(H,11,12);;;/p-21. The van der Waals surface area contributed by atoms with Gasteiger partial charge in [-0.05, 0) is 0 Å². The van der Waals surface area contributed by atoms with Gasteiger partial charge in [0, 0.05) is 235 Å². The average molecular weight is 1880 g/mol. The fourth-order valence-electron chi connectivity index (χ4n) is 4.79. The van der Waals surface area contributed by atoms with Crippen LogP contribution in [0.1, 0.15) is 89.9 Å². The van der Waals surface area contributed by atoms with Crippen molar-refractivity contribution in [3.63, 3.8) is 0 Å². The van der Waals surface area contributed by atoms with E-state index in [0.29, 0.717) is 0 Å². The van der Waals surface area contributed by atoms with E-state index in [9.17, 15) is 208 Å². The summed E-state index contributed by atoms with van der Waals surface area (Å²) < 4.78 is 0. The summed E-state index contributed by atoms with van der Waals surface area (Å²) in [5, 5.41) is 272. The summed E-state index contributed by atoms with van der Waals surface area (Å²) in [5.74, 6) is -41.9. The van der Waals surface area contributed by atoms with E-state index in [2.05, 4.69) is 0 Å². The summed E-state index contributed by atoms with van der Waals surface area (Å²) in [6, 6.07) is 0. The van der Waals surface area contributed by atoms with E-state index >= 15 is 0 Å². The number of aliphatic hydroxyl groups is 7. The molecule has 0 saturated heterocycles. The van der Waals surface area contributed by atoms with Crippen LogP contribution in [-0.2, 0) is 162 Å². The second-order valence-corrected chi connectivity index (χ2v) is 16.9. The fourth-order valence-corrected chi connectivity index (χ4v) is 4.79. The predicted octanol–water partition coefficient (Wildman–Crippen LogP) is -36.8. The van der Waals surface area contributed by atoms with Gasteiger partial charge in [-0.2, -0.15) is 0 Å². The number of carboxylic acids is 21. The predicted molar refractivity (Wildman–Crippen MR) is 204 cm³/mol. The molecule has 0 aromatic heterocycles. The second-order valence-electron chi connectivity index (χ2n) is 16.9. The molecule has 0 aromatic carbocycles. The third kappa shape index (κ3) is 52.2. The second kappa shape index (κ2) is 47.5. The van der Waals surface area contributed by atoms with Gasteiger partial charge in [-0.25, -0.2) is 0 Å². The molecule has 0 bridgehead atoms. The first-order valence-corrected chi connectivity index (χ1v) is 21.8. The summed E-state index contributed by atoms with van der Waals surface area (Å²) in [6.07, 6.45) is -19.0. The van der Waals surface area contributed by atoms with Gasteiger partial charge < -0.3 is 244 Å². The molecule has 0 aliphatic carbocycles. The zero-order valence-corrected chi connectivity index (χ0v) is 53.5. The van der Waals surface area contributed by atoms with E-state index < -0.39 is 254 Å². The number of carboxylic acid groups (broad SMARTS) is 21. The van der Waals surface area contributed by atoms with Gasteiger partial charge in [0.15, 0.2) is 0 Å². The topological polar surface area (TPSA) is 984 Å². The minimum atomic E-state index is -2.97. The quantitative estimate of drug-likeness (QED) is 0.0310. The van der Waals surface area contributed by atoms with Crippen LogP contribution >= 0.6 is 0 Å². The normalized spacial score (nSPS) is 10.5. The molecule has 0 amide bonds. The molecule has 0 atom stereocenters. The third-order valence-corrected chi connectivity index (χ3v) is 8.77. The van der Waals surface area contributed by atoms with Crippen molar-refractivity contribution in [2.45, 2.75) is 129 Å². The van der Waals surface area contributed by atoms with Gasteiger partial charge in [0.2, 0.25) is 0 Å². The molecular formula is C42H35O49Re3-21. The first-order chi connectivity index (χ1) is 40.4. The molecule has 0 fully saturated rings. The number of hydrogen-bond donors (Lipinski definition) is 7.